The molecule has 4 nitrogen and oxygen atoms in total. The number of benzene rings is 1. The molecule has 0 spiro atoms. The molecule has 0 aliphatic rings. The third kappa shape index (κ3) is 2.90. The molecule has 4 heteroatoms. The van der Waals surface area contributed by atoms with E-state index < -0.39 is 5.54 Å². The zero-order valence-corrected chi connectivity index (χ0v) is 11.0. The van der Waals surface area contributed by atoms with Gasteiger partial charge in [-0.05, 0) is 24.6 Å². The summed E-state index contributed by atoms with van der Waals surface area (Å²) in [6.07, 6.45) is 1.70. The minimum atomic E-state index is -0.894. The average Bonchev–Trinajstić information content (AvgIpc) is 2.43. The molecule has 0 saturated carbocycles. The van der Waals surface area contributed by atoms with Gasteiger partial charge in [-0.3, -0.25) is 5.32 Å². The summed E-state index contributed by atoms with van der Waals surface area (Å²) in [6, 6.07) is 7.30. The van der Waals surface area contributed by atoms with Gasteiger partial charge >= 0.3 is 5.97 Å². The molecule has 1 aromatic rings. The lowest BCUT2D eigenvalue weighted by molar-refractivity contribution is -0.148. The highest BCUT2D eigenvalue weighted by Gasteiger charge is 2.35. The van der Waals surface area contributed by atoms with Crippen LogP contribution in [0.3, 0.4) is 0 Å². The van der Waals surface area contributed by atoms with E-state index >= 15 is 0 Å². The topological polar surface area (TPSA) is 47.6 Å². The van der Waals surface area contributed by atoms with Crippen LogP contribution in [0.25, 0.3) is 0 Å². The van der Waals surface area contributed by atoms with E-state index in [1.807, 2.05) is 24.3 Å². The highest BCUT2D eigenvalue weighted by Crippen LogP contribution is 2.24. The van der Waals surface area contributed by atoms with Crippen molar-refractivity contribution in [3.05, 3.63) is 42.5 Å². The van der Waals surface area contributed by atoms with Crippen molar-refractivity contribution in [2.75, 3.05) is 20.8 Å². The molecule has 0 amide bonds. The Morgan fingerprint density at radius 2 is 2.00 bits per heavy atom. The average molecular weight is 249 g/mol. The number of hydrogen-bond acceptors (Lipinski definition) is 4. The van der Waals surface area contributed by atoms with Gasteiger partial charge in [0.25, 0.3) is 0 Å². The van der Waals surface area contributed by atoms with E-state index in [4.69, 9.17) is 9.47 Å². The van der Waals surface area contributed by atoms with Crippen molar-refractivity contribution in [3.63, 3.8) is 0 Å². The summed E-state index contributed by atoms with van der Waals surface area (Å²) in [5.41, 5.74) is -0.0770. The van der Waals surface area contributed by atoms with Crippen LogP contribution in [0.2, 0.25) is 0 Å². The Morgan fingerprint density at radius 3 is 2.44 bits per heavy atom. The molecule has 0 bridgehead atoms. The Hall–Kier alpha value is -1.81. The Morgan fingerprint density at radius 1 is 1.39 bits per heavy atom. The predicted octanol–water partition coefficient (Wildman–Crippen LogP) is 1.86. The van der Waals surface area contributed by atoms with Crippen LogP contribution in [-0.4, -0.2) is 26.7 Å². The van der Waals surface area contributed by atoms with E-state index in [9.17, 15) is 4.79 Å². The van der Waals surface area contributed by atoms with E-state index in [1.165, 1.54) is 7.11 Å². The van der Waals surface area contributed by atoms with Crippen LogP contribution in [0.5, 0.6) is 5.75 Å². The first-order chi connectivity index (χ1) is 8.58. The molecule has 0 aromatic heterocycles. The van der Waals surface area contributed by atoms with Gasteiger partial charge < -0.3 is 9.47 Å². The second-order valence-electron chi connectivity index (χ2n) is 4.01. The van der Waals surface area contributed by atoms with Crippen LogP contribution in [0, 0.1) is 0 Å². The number of rotatable bonds is 6. The first-order valence-corrected chi connectivity index (χ1v) is 5.67. The monoisotopic (exact) mass is 249 g/mol. The number of carbonyl (C=O) groups is 1. The number of hydrogen-bond donors (Lipinski definition) is 1. The number of ether oxygens (including phenoxy) is 2. The van der Waals surface area contributed by atoms with E-state index in [0.717, 1.165) is 11.3 Å². The predicted molar refractivity (Wildman–Crippen MR) is 70.6 cm³/mol. The first-order valence-electron chi connectivity index (χ1n) is 5.67. The molecule has 0 aliphatic carbocycles. The van der Waals surface area contributed by atoms with E-state index in [0.29, 0.717) is 6.54 Å². The fourth-order valence-corrected chi connectivity index (χ4v) is 1.70. The van der Waals surface area contributed by atoms with Crippen LogP contribution in [0.1, 0.15) is 12.5 Å². The third-order valence-corrected chi connectivity index (χ3v) is 2.86. The number of nitrogens with one attached hydrogen (secondary N) is 1. The van der Waals surface area contributed by atoms with Crippen LogP contribution < -0.4 is 10.1 Å². The molecule has 1 N–H and O–H groups in total. The highest BCUT2D eigenvalue weighted by atomic mass is 16.5. The van der Waals surface area contributed by atoms with Gasteiger partial charge in [-0.25, -0.2) is 4.79 Å². The van der Waals surface area contributed by atoms with Crippen molar-refractivity contribution in [1.82, 2.24) is 5.32 Å². The molecule has 1 aromatic carbocycles. The normalized spacial score (nSPS) is 13.5. The van der Waals surface area contributed by atoms with Crippen molar-refractivity contribution >= 4 is 5.97 Å². The smallest absolute Gasteiger partial charge is 0.330 e. The minimum absolute atomic E-state index is 0.338. The molecule has 98 valence electrons. The second kappa shape index (κ2) is 6.21. The molecule has 0 radical (unpaired) electrons. The maximum Gasteiger partial charge on any atom is 0.330 e. The molecular formula is C14H19NO3. The molecule has 0 fully saturated rings. The van der Waals surface area contributed by atoms with Crippen molar-refractivity contribution in [2.45, 2.75) is 12.5 Å². The Bertz CT molecular complexity index is 414. The van der Waals surface area contributed by atoms with Gasteiger partial charge in [0.15, 0.2) is 0 Å². The van der Waals surface area contributed by atoms with Gasteiger partial charge in [0.2, 0.25) is 0 Å². The first kappa shape index (κ1) is 14.3. The zero-order valence-electron chi connectivity index (χ0n) is 11.0. The van der Waals surface area contributed by atoms with Gasteiger partial charge in [0, 0.05) is 6.54 Å². The highest BCUT2D eigenvalue weighted by molar-refractivity contribution is 5.82. The molecule has 0 aliphatic heterocycles. The quantitative estimate of drug-likeness (QED) is 0.617. The zero-order chi connectivity index (χ0) is 13.6. The summed E-state index contributed by atoms with van der Waals surface area (Å²) >= 11 is 0. The van der Waals surface area contributed by atoms with Crippen molar-refractivity contribution in [1.29, 1.82) is 0 Å². The van der Waals surface area contributed by atoms with Crippen molar-refractivity contribution in [2.24, 2.45) is 0 Å². The largest absolute Gasteiger partial charge is 0.497 e. The van der Waals surface area contributed by atoms with Crippen LogP contribution in [-0.2, 0) is 15.1 Å². The lowest BCUT2D eigenvalue weighted by atomic mass is 9.92. The lowest BCUT2D eigenvalue weighted by Gasteiger charge is -2.28. The van der Waals surface area contributed by atoms with Gasteiger partial charge in [0.05, 0.1) is 14.2 Å². The second-order valence-corrected chi connectivity index (χ2v) is 4.01. The molecule has 1 atom stereocenters. The van der Waals surface area contributed by atoms with E-state index in [1.54, 1.807) is 20.1 Å². The molecule has 1 rings (SSSR count). The Labute approximate surface area is 108 Å². The summed E-state index contributed by atoms with van der Waals surface area (Å²) in [6.45, 7) is 5.93. The molecular weight excluding hydrogens is 230 g/mol. The van der Waals surface area contributed by atoms with Crippen molar-refractivity contribution in [3.8, 4) is 5.75 Å². The Kier molecular flexibility index (Phi) is 4.92. The van der Waals surface area contributed by atoms with Gasteiger partial charge in [-0.2, -0.15) is 0 Å². The molecule has 0 heterocycles. The van der Waals surface area contributed by atoms with Crippen molar-refractivity contribution < 1.29 is 14.3 Å². The summed E-state index contributed by atoms with van der Waals surface area (Å²) in [4.78, 5) is 11.9. The number of carbonyl (C=O) groups excluding carboxylic acids is 1. The summed E-state index contributed by atoms with van der Waals surface area (Å²) in [7, 11) is 2.98. The van der Waals surface area contributed by atoms with Crippen LogP contribution >= 0.6 is 0 Å². The third-order valence-electron chi connectivity index (χ3n) is 2.86. The molecule has 0 saturated heterocycles. The maximum absolute atomic E-state index is 11.9. The molecule has 1 unspecified atom stereocenters. The Balaban J connectivity index is 3.07. The van der Waals surface area contributed by atoms with Gasteiger partial charge in [0.1, 0.15) is 11.3 Å². The fourth-order valence-electron chi connectivity index (χ4n) is 1.70. The van der Waals surface area contributed by atoms with Crippen LogP contribution in [0.4, 0.5) is 0 Å². The SMILES string of the molecule is C=CCNC(C)(C(=O)OC)c1ccc(OC)cc1. The van der Waals surface area contributed by atoms with Crippen LogP contribution in [0.15, 0.2) is 36.9 Å². The summed E-state index contributed by atoms with van der Waals surface area (Å²) in [5.74, 6) is 0.407. The summed E-state index contributed by atoms with van der Waals surface area (Å²) in [5, 5.41) is 3.12. The minimum Gasteiger partial charge on any atom is -0.497 e. The van der Waals surface area contributed by atoms with E-state index in [2.05, 4.69) is 11.9 Å². The molecule has 18 heavy (non-hydrogen) atoms. The number of esters is 1. The summed E-state index contributed by atoms with van der Waals surface area (Å²) < 4.78 is 9.95. The lowest BCUT2D eigenvalue weighted by Crippen LogP contribution is -2.47. The standard InChI is InChI=1S/C14H19NO3/c1-5-10-15-14(2,13(16)18-4)11-6-8-12(17-3)9-7-11/h5-9,15H,1,10H2,2-4H3. The fraction of sp³-hybridized carbons (Fsp3) is 0.357. The maximum atomic E-state index is 11.9. The number of methoxy groups -OCH3 is 2. The van der Waals surface area contributed by atoms with E-state index in [-0.39, 0.29) is 5.97 Å². The van der Waals surface area contributed by atoms with Gasteiger partial charge in [-0.1, -0.05) is 18.2 Å². The van der Waals surface area contributed by atoms with Gasteiger partial charge in [-0.15, -0.1) is 6.58 Å².